The van der Waals surface area contributed by atoms with E-state index < -0.39 is 12.1 Å². The number of hydrogen-bond donors (Lipinski definition) is 2. The van der Waals surface area contributed by atoms with Crippen LogP contribution in [0.5, 0.6) is 5.75 Å². The number of benzene rings is 1. The van der Waals surface area contributed by atoms with E-state index in [0.717, 1.165) is 12.8 Å². The molecule has 2 rings (SSSR count). The Morgan fingerprint density at radius 1 is 1.44 bits per heavy atom. The van der Waals surface area contributed by atoms with Crippen LogP contribution in [-0.4, -0.2) is 23.1 Å². The highest BCUT2D eigenvalue weighted by molar-refractivity contribution is 5.88. The molecular formula is C13H15NO4. The third-order valence-electron chi connectivity index (χ3n) is 2.71. The molecule has 1 atom stereocenters. The zero-order valence-electron chi connectivity index (χ0n) is 10.1. The number of carbonyl (C=O) groups excluding carboxylic acids is 1. The van der Waals surface area contributed by atoms with Gasteiger partial charge in [-0.05, 0) is 25.0 Å². The maximum Gasteiger partial charge on any atom is 0.345 e. The van der Waals surface area contributed by atoms with E-state index in [1.165, 1.54) is 6.92 Å². The lowest BCUT2D eigenvalue weighted by molar-refractivity contribution is -0.146. The summed E-state index contributed by atoms with van der Waals surface area (Å²) in [5.41, 5.74) is 0.597. The molecule has 18 heavy (non-hydrogen) atoms. The molecule has 0 radical (unpaired) electrons. The first kappa shape index (κ1) is 12.4. The normalized spacial score (nSPS) is 15.8. The van der Waals surface area contributed by atoms with Crippen molar-refractivity contribution in [3.8, 4) is 5.75 Å². The number of aliphatic carboxylic acids is 1. The van der Waals surface area contributed by atoms with Crippen molar-refractivity contribution in [3.05, 3.63) is 24.3 Å². The topological polar surface area (TPSA) is 75.6 Å². The maximum absolute atomic E-state index is 11.1. The van der Waals surface area contributed by atoms with Crippen molar-refractivity contribution in [1.82, 2.24) is 0 Å². The highest BCUT2D eigenvalue weighted by atomic mass is 16.5. The van der Waals surface area contributed by atoms with Crippen LogP contribution in [0.25, 0.3) is 0 Å². The number of carboxylic acid groups (broad SMARTS) is 1. The molecule has 1 aliphatic carbocycles. The van der Waals surface area contributed by atoms with Crippen molar-refractivity contribution >= 4 is 17.6 Å². The Hall–Kier alpha value is -2.04. The summed E-state index contributed by atoms with van der Waals surface area (Å²) >= 11 is 0. The van der Waals surface area contributed by atoms with Crippen LogP contribution in [0, 0.1) is 5.92 Å². The number of amides is 1. The minimum absolute atomic E-state index is 0.104. The SMILES string of the molecule is CC(=O)Nc1cccc(OC(C(=O)O)C2CC2)c1. The zero-order valence-corrected chi connectivity index (χ0v) is 10.1. The quantitative estimate of drug-likeness (QED) is 0.835. The molecule has 1 aliphatic rings. The summed E-state index contributed by atoms with van der Waals surface area (Å²) in [6, 6.07) is 6.75. The van der Waals surface area contributed by atoms with E-state index in [1.54, 1.807) is 24.3 Å². The first-order valence-electron chi connectivity index (χ1n) is 5.83. The van der Waals surface area contributed by atoms with E-state index >= 15 is 0 Å². The monoisotopic (exact) mass is 249 g/mol. The van der Waals surface area contributed by atoms with Gasteiger partial charge in [0.25, 0.3) is 0 Å². The Morgan fingerprint density at radius 2 is 2.17 bits per heavy atom. The predicted molar refractivity (Wildman–Crippen MR) is 65.5 cm³/mol. The standard InChI is InChI=1S/C13H15NO4/c1-8(15)14-10-3-2-4-11(7-10)18-12(13(16)17)9-5-6-9/h2-4,7,9,12H,5-6H2,1H3,(H,14,15)(H,16,17). The molecular weight excluding hydrogens is 234 g/mol. The second-order valence-electron chi connectivity index (χ2n) is 4.42. The molecule has 5 heteroatoms. The van der Waals surface area contributed by atoms with Crippen LogP contribution in [0.1, 0.15) is 19.8 Å². The molecule has 0 spiro atoms. The van der Waals surface area contributed by atoms with Gasteiger partial charge < -0.3 is 15.2 Å². The van der Waals surface area contributed by atoms with E-state index in [-0.39, 0.29) is 11.8 Å². The van der Waals surface area contributed by atoms with Crippen LogP contribution in [-0.2, 0) is 9.59 Å². The molecule has 1 fully saturated rings. The first-order chi connectivity index (χ1) is 8.56. The fourth-order valence-electron chi connectivity index (χ4n) is 1.74. The molecule has 2 N–H and O–H groups in total. The van der Waals surface area contributed by atoms with Gasteiger partial charge >= 0.3 is 5.97 Å². The summed E-state index contributed by atoms with van der Waals surface area (Å²) in [5, 5.41) is 11.7. The van der Waals surface area contributed by atoms with Gasteiger partial charge in [0.15, 0.2) is 6.10 Å². The lowest BCUT2D eigenvalue weighted by atomic mass is 10.2. The Bertz CT molecular complexity index is 468. The molecule has 1 unspecified atom stereocenters. The van der Waals surface area contributed by atoms with Gasteiger partial charge in [-0.2, -0.15) is 0 Å². The number of carboxylic acids is 1. The Kier molecular flexibility index (Phi) is 3.50. The van der Waals surface area contributed by atoms with Gasteiger partial charge in [0.1, 0.15) is 5.75 Å². The van der Waals surface area contributed by atoms with Crippen LogP contribution < -0.4 is 10.1 Å². The molecule has 96 valence electrons. The van der Waals surface area contributed by atoms with Gasteiger partial charge in [0, 0.05) is 24.6 Å². The number of hydrogen-bond acceptors (Lipinski definition) is 3. The van der Waals surface area contributed by atoms with Crippen molar-refractivity contribution in [3.63, 3.8) is 0 Å². The molecule has 1 aromatic carbocycles. The molecule has 1 amide bonds. The lowest BCUT2D eigenvalue weighted by Gasteiger charge is -2.15. The van der Waals surface area contributed by atoms with Crippen molar-refractivity contribution in [2.75, 3.05) is 5.32 Å². The Labute approximate surface area is 105 Å². The minimum atomic E-state index is -0.942. The van der Waals surface area contributed by atoms with Crippen molar-refractivity contribution in [2.45, 2.75) is 25.9 Å². The lowest BCUT2D eigenvalue weighted by Crippen LogP contribution is -2.29. The summed E-state index contributed by atoms with van der Waals surface area (Å²) in [5.74, 6) is -0.556. The van der Waals surface area contributed by atoms with Crippen LogP contribution >= 0.6 is 0 Å². The molecule has 0 bridgehead atoms. The zero-order chi connectivity index (χ0) is 13.1. The molecule has 0 saturated heterocycles. The third-order valence-corrected chi connectivity index (χ3v) is 2.71. The van der Waals surface area contributed by atoms with Crippen LogP contribution in [0.2, 0.25) is 0 Å². The molecule has 0 heterocycles. The average molecular weight is 249 g/mol. The number of ether oxygens (including phenoxy) is 1. The van der Waals surface area contributed by atoms with E-state index in [9.17, 15) is 9.59 Å². The second-order valence-corrected chi connectivity index (χ2v) is 4.42. The van der Waals surface area contributed by atoms with Crippen molar-refractivity contribution in [1.29, 1.82) is 0 Å². The van der Waals surface area contributed by atoms with Gasteiger partial charge in [-0.25, -0.2) is 4.79 Å². The van der Waals surface area contributed by atoms with Gasteiger partial charge in [0.05, 0.1) is 0 Å². The molecule has 0 aliphatic heterocycles. The van der Waals surface area contributed by atoms with E-state index in [4.69, 9.17) is 9.84 Å². The van der Waals surface area contributed by atoms with Crippen LogP contribution in [0.15, 0.2) is 24.3 Å². The third kappa shape index (κ3) is 3.23. The van der Waals surface area contributed by atoms with E-state index in [0.29, 0.717) is 11.4 Å². The summed E-state index contributed by atoms with van der Waals surface area (Å²) in [6.45, 7) is 1.41. The minimum Gasteiger partial charge on any atom is -0.478 e. The second kappa shape index (κ2) is 5.08. The smallest absolute Gasteiger partial charge is 0.345 e. The van der Waals surface area contributed by atoms with Gasteiger partial charge in [-0.1, -0.05) is 6.07 Å². The highest BCUT2D eigenvalue weighted by Gasteiger charge is 2.38. The van der Waals surface area contributed by atoms with Gasteiger partial charge in [-0.15, -0.1) is 0 Å². The Balaban J connectivity index is 2.07. The van der Waals surface area contributed by atoms with Crippen molar-refractivity contribution < 1.29 is 19.4 Å². The maximum atomic E-state index is 11.1. The Morgan fingerprint density at radius 3 is 2.72 bits per heavy atom. The summed E-state index contributed by atoms with van der Waals surface area (Å²) in [6.07, 6.45) is 0.989. The highest BCUT2D eigenvalue weighted by Crippen LogP contribution is 2.35. The predicted octanol–water partition coefficient (Wildman–Crippen LogP) is 1.89. The van der Waals surface area contributed by atoms with E-state index in [2.05, 4.69) is 5.32 Å². The molecule has 1 saturated carbocycles. The van der Waals surface area contributed by atoms with Gasteiger partial charge in [-0.3, -0.25) is 4.79 Å². The molecule has 5 nitrogen and oxygen atoms in total. The first-order valence-corrected chi connectivity index (χ1v) is 5.83. The fourth-order valence-corrected chi connectivity index (χ4v) is 1.74. The number of carbonyl (C=O) groups is 2. The van der Waals surface area contributed by atoms with Crippen molar-refractivity contribution in [2.24, 2.45) is 5.92 Å². The largest absolute Gasteiger partial charge is 0.478 e. The van der Waals surface area contributed by atoms with Crippen LogP contribution in [0.3, 0.4) is 0 Å². The molecule has 1 aromatic rings. The number of nitrogens with one attached hydrogen (secondary N) is 1. The average Bonchev–Trinajstić information content (AvgIpc) is 3.09. The van der Waals surface area contributed by atoms with E-state index in [1.807, 2.05) is 0 Å². The van der Waals surface area contributed by atoms with Crippen LogP contribution in [0.4, 0.5) is 5.69 Å². The summed E-state index contributed by atoms with van der Waals surface area (Å²) < 4.78 is 5.47. The fraction of sp³-hybridized carbons (Fsp3) is 0.385. The number of anilines is 1. The summed E-state index contributed by atoms with van der Waals surface area (Å²) in [4.78, 5) is 22.0. The molecule has 0 aromatic heterocycles. The summed E-state index contributed by atoms with van der Waals surface area (Å²) in [7, 11) is 0. The number of rotatable bonds is 5. The van der Waals surface area contributed by atoms with Gasteiger partial charge in [0.2, 0.25) is 5.91 Å².